The molecule has 0 aliphatic rings. The number of pyridine rings is 1. The van der Waals surface area contributed by atoms with E-state index in [1.807, 2.05) is 6.92 Å². The number of aryl methyl sites for hydroxylation is 2. The third-order valence-corrected chi connectivity index (χ3v) is 3.14. The molecule has 4 heteroatoms. The molecular weight excluding hydrogens is 257 g/mol. The van der Waals surface area contributed by atoms with Crippen LogP contribution in [0.2, 0.25) is 0 Å². The highest BCUT2D eigenvalue weighted by Crippen LogP contribution is 2.26. The predicted molar refractivity (Wildman–Crippen MR) is 75.3 cm³/mol. The summed E-state index contributed by atoms with van der Waals surface area (Å²) >= 11 is 0. The number of nitrogens with zero attached hydrogens (tertiary/aromatic N) is 1. The van der Waals surface area contributed by atoms with E-state index < -0.39 is 5.97 Å². The second-order valence-corrected chi connectivity index (χ2v) is 4.68. The number of benzene rings is 1. The van der Waals surface area contributed by atoms with Gasteiger partial charge in [0.15, 0.2) is 0 Å². The first kappa shape index (κ1) is 14.2. The van der Waals surface area contributed by atoms with Crippen LogP contribution in [0.4, 0.5) is 4.39 Å². The lowest BCUT2D eigenvalue weighted by Crippen LogP contribution is -2.07. The minimum atomic E-state index is -0.996. The van der Waals surface area contributed by atoms with Gasteiger partial charge in [0.05, 0.1) is 17.0 Å². The molecule has 0 spiro atoms. The number of rotatable bonds is 4. The summed E-state index contributed by atoms with van der Waals surface area (Å²) in [5.74, 6) is -1.35. The number of aromatic carboxylic acids is 1. The Labute approximate surface area is 117 Å². The molecule has 104 valence electrons. The number of halogens is 1. The minimum Gasteiger partial charge on any atom is -0.478 e. The van der Waals surface area contributed by atoms with Gasteiger partial charge in [-0.15, -0.1) is 0 Å². The molecule has 2 rings (SSSR count). The monoisotopic (exact) mass is 273 g/mol. The largest absolute Gasteiger partial charge is 0.478 e. The van der Waals surface area contributed by atoms with Crippen molar-refractivity contribution in [3.8, 4) is 11.3 Å². The third-order valence-electron chi connectivity index (χ3n) is 3.14. The molecule has 0 saturated carbocycles. The van der Waals surface area contributed by atoms with Gasteiger partial charge in [0.2, 0.25) is 0 Å². The smallest absolute Gasteiger partial charge is 0.337 e. The number of hydrogen-bond acceptors (Lipinski definition) is 2. The molecule has 0 atom stereocenters. The zero-order valence-electron chi connectivity index (χ0n) is 11.5. The second-order valence-electron chi connectivity index (χ2n) is 4.68. The summed E-state index contributed by atoms with van der Waals surface area (Å²) in [5.41, 5.74) is 2.27. The Balaban J connectivity index is 2.63. The van der Waals surface area contributed by atoms with Gasteiger partial charge in [-0.2, -0.15) is 0 Å². The van der Waals surface area contributed by atoms with Crippen molar-refractivity contribution < 1.29 is 14.3 Å². The van der Waals surface area contributed by atoms with E-state index in [2.05, 4.69) is 4.98 Å². The zero-order chi connectivity index (χ0) is 14.7. The van der Waals surface area contributed by atoms with Crippen molar-refractivity contribution in [1.82, 2.24) is 4.98 Å². The van der Waals surface area contributed by atoms with Gasteiger partial charge in [-0.1, -0.05) is 25.5 Å². The number of hydrogen-bond donors (Lipinski definition) is 1. The molecular formula is C16H16FNO2. The normalized spacial score (nSPS) is 10.6. The van der Waals surface area contributed by atoms with E-state index in [1.165, 1.54) is 6.07 Å². The summed E-state index contributed by atoms with van der Waals surface area (Å²) in [5, 5.41) is 9.22. The molecule has 1 heterocycles. The summed E-state index contributed by atoms with van der Waals surface area (Å²) in [6.45, 7) is 3.70. The standard InChI is InChI=1S/C16H16FNO2/c1-3-6-14-12(16(19)20)9-10(2)15(18-14)11-7-4-5-8-13(11)17/h4-5,7-9H,3,6H2,1-2H3,(H,19,20). The van der Waals surface area contributed by atoms with Gasteiger partial charge >= 0.3 is 5.97 Å². The fourth-order valence-electron chi connectivity index (χ4n) is 2.19. The first-order chi connectivity index (χ1) is 9.54. The summed E-state index contributed by atoms with van der Waals surface area (Å²) in [6.07, 6.45) is 1.34. The average Bonchev–Trinajstić information content (AvgIpc) is 2.41. The Bertz CT molecular complexity index is 653. The maximum Gasteiger partial charge on any atom is 0.337 e. The molecule has 1 aromatic heterocycles. The van der Waals surface area contributed by atoms with Crippen LogP contribution in [0.3, 0.4) is 0 Å². The van der Waals surface area contributed by atoms with E-state index in [0.29, 0.717) is 28.9 Å². The molecule has 20 heavy (non-hydrogen) atoms. The molecule has 0 aliphatic heterocycles. The number of carboxylic acids is 1. The summed E-state index contributed by atoms with van der Waals surface area (Å²) in [4.78, 5) is 15.6. The van der Waals surface area contributed by atoms with Gasteiger partial charge in [-0.3, -0.25) is 4.98 Å². The van der Waals surface area contributed by atoms with E-state index in [1.54, 1.807) is 31.2 Å². The van der Waals surface area contributed by atoms with E-state index in [-0.39, 0.29) is 11.4 Å². The molecule has 0 bridgehead atoms. The van der Waals surface area contributed by atoms with Crippen LogP contribution in [-0.4, -0.2) is 16.1 Å². The predicted octanol–water partition coefficient (Wildman–Crippen LogP) is 3.85. The molecule has 1 aromatic carbocycles. The fourth-order valence-corrected chi connectivity index (χ4v) is 2.19. The van der Waals surface area contributed by atoms with Gasteiger partial charge in [-0.05, 0) is 37.1 Å². The zero-order valence-corrected chi connectivity index (χ0v) is 11.5. The van der Waals surface area contributed by atoms with Crippen LogP contribution in [-0.2, 0) is 6.42 Å². The topological polar surface area (TPSA) is 50.2 Å². The first-order valence-electron chi connectivity index (χ1n) is 6.53. The Kier molecular flexibility index (Phi) is 4.13. The maximum absolute atomic E-state index is 13.9. The van der Waals surface area contributed by atoms with Crippen LogP contribution in [0, 0.1) is 12.7 Å². The van der Waals surface area contributed by atoms with Crippen LogP contribution in [0.1, 0.15) is 35.0 Å². The highest BCUT2D eigenvalue weighted by atomic mass is 19.1. The highest BCUT2D eigenvalue weighted by Gasteiger charge is 2.16. The number of carboxylic acid groups (broad SMARTS) is 1. The van der Waals surface area contributed by atoms with Crippen molar-refractivity contribution in [1.29, 1.82) is 0 Å². The van der Waals surface area contributed by atoms with E-state index in [4.69, 9.17) is 0 Å². The van der Waals surface area contributed by atoms with Gasteiger partial charge < -0.3 is 5.11 Å². The van der Waals surface area contributed by atoms with Crippen molar-refractivity contribution in [2.45, 2.75) is 26.7 Å². The van der Waals surface area contributed by atoms with E-state index in [0.717, 1.165) is 6.42 Å². The molecule has 2 aromatic rings. The van der Waals surface area contributed by atoms with Gasteiger partial charge in [0.25, 0.3) is 0 Å². The van der Waals surface area contributed by atoms with Crippen molar-refractivity contribution >= 4 is 5.97 Å². The Morgan fingerprint density at radius 3 is 2.65 bits per heavy atom. The second kappa shape index (κ2) is 5.82. The quantitative estimate of drug-likeness (QED) is 0.920. The summed E-state index contributed by atoms with van der Waals surface area (Å²) in [7, 11) is 0. The van der Waals surface area contributed by atoms with E-state index in [9.17, 15) is 14.3 Å². The average molecular weight is 273 g/mol. The van der Waals surface area contributed by atoms with Crippen LogP contribution < -0.4 is 0 Å². The molecule has 0 saturated heterocycles. The summed E-state index contributed by atoms with van der Waals surface area (Å²) in [6, 6.07) is 7.96. The SMILES string of the molecule is CCCc1nc(-c2ccccc2F)c(C)cc1C(=O)O. The first-order valence-corrected chi connectivity index (χ1v) is 6.53. The summed E-state index contributed by atoms with van der Waals surface area (Å²) < 4.78 is 13.9. The highest BCUT2D eigenvalue weighted by molar-refractivity contribution is 5.90. The fraction of sp³-hybridized carbons (Fsp3) is 0.250. The van der Waals surface area contributed by atoms with E-state index >= 15 is 0 Å². The Morgan fingerprint density at radius 2 is 2.05 bits per heavy atom. The van der Waals surface area contributed by atoms with Gasteiger partial charge in [-0.25, -0.2) is 9.18 Å². The van der Waals surface area contributed by atoms with Crippen LogP contribution in [0.5, 0.6) is 0 Å². The van der Waals surface area contributed by atoms with Gasteiger partial charge in [0.1, 0.15) is 5.82 Å². The van der Waals surface area contributed by atoms with Crippen molar-refractivity contribution in [2.75, 3.05) is 0 Å². The Morgan fingerprint density at radius 1 is 1.35 bits per heavy atom. The molecule has 0 amide bonds. The third kappa shape index (κ3) is 2.69. The number of carbonyl (C=O) groups is 1. The molecule has 0 radical (unpaired) electrons. The van der Waals surface area contributed by atoms with Crippen LogP contribution >= 0.6 is 0 Å². The van der Waals surface area contributed by atoms with Crippen molar-refractivity contribution in [2.24, 2.45) is 0 Å². The minimum absolute atomic E-state index is 0.199. The lowest BCUT2D eigenvalue weighted by molar-refractivity contribution is 0.0695. The number of aromatic nitrogens is 1. The van der Waals surface area contributed by atoms with Crippen molar-refractivity contribution in [3.05, 3.63) is 53.0 Å². The molecule has 3 nitrogen and oxygen atoms in total. The molecule has 0 fully saturated rings. The van der Waals surface area contributed by atoms with Crippen molar-refractivity contribution in [3.63, 3.8) is 0 Å². The molecule has 0 aliphatic carbocycles. The maximum atomic E-state index is 13.9. The lowest BCUT2D eigenvalue weighted by atomic mass is 10.0. The molecule has 1 N–H and O–H groups in total. The van der Waals surface area contributed by atoms with Gasteiger partial charge in [0, 0.05) is 5.56 Å². The van der Waals surface area contributed by atoms with Crippen LogP contribution in [0.15, 0.2) is 30.3 Å². The lowest BCUT2D eigenvalue weighted by Gasteiger charge is -2.11. The Hall–Kier alpha value is -2.23. The molecule has 0 unspecified atom stereocenters. The van der Waals surface area contributed by atoms with Crippen LogP contribution in [0.25, 0.3) is 11.3 Å².